The fourth-order valence-corrected chi connectivity index (χ4v) is 2.53. The summed E-state index contributed by atoms with van der Waals surface area (Å²) in [5, 5.41) is 3.33. The Morgan fingerprint density at radius 3 is 2.35 bits per heavy atom. The molecule has 0 aliphatic heterocycles. The first-order chi connectivity index (χ1) is 11.2. The summed E-state index contributed by atoms with van der Waals surface area (Å²) in [7, 11) is 0. The van der Waals surface area contributed by atoms with Crippen LogP contribution in [0.3, 0.4) is 0 Å². The van der Waals surface area contributed by atoms with Crippen LogP contribution in [0.1, 0.15) is 23.9 Å². The number of aromatic amines is 1. The molecule has 0 amide bonds. The van der Waals surface area contributed by atoms with Crippen molar-refractivity contribution < 1.29 is 4.39 Å². The van der Waals surface area contributed by atoms with Gasteiger partial charge in [-0.3, -0.25) is 0 Å². The van der Waals surface area contributed by atoms with Gasteiger partial charge in [0.2, 0.25) is 0 Å². The van der Waals surface area contributed by atoms with E-state index >= 15 is 0 Å². The molecule has 0 atom stereocenters. The van der Waals surface area contributed by atoms with Crippen molar-refractivity contribution in [1.29, 1.82) is 0 Å². The third-order valence-corrected chi connectivity index (χ3v) is 3.89. The zero-order chi connectivity index (χ0) is 16.2. The average Bonchev–Trinajstić information content (AvgIpc) is 2.96. The van der Waals surface area contributed by atoms with Crippen molar-refractivity contribution in [3.8, 4) is 11.4 Å². The lowest BCUT2D eigenvalue weighted by Crippen LogP contribution is -1.99. The largest absolute Gasteiger partial charge is 0.381 e. The maximum Gasteiger partial charge on any atom is 0.137 e. The summed E-state index contributed by atoms with van der Waals surface area (Å²) in [5.74, 6) is 0.697. The van der Waals surface area contributed by atoms with Gasteiger partial charge in [-0.2, -0.15) is 0 Å². The lowest BCUT2D eigenvalue weighted by molar-refractivity contribution is 0.627. The number of H-pyrrole nitrogens is 1. The smallest absolute Gasteiger partial charge is 0.137 e. The molecule has 23 heavy (non-hydrogen) atoms. The van der Waals surface area contributed by atoms with Crippen molar-refractivity contribution in [1.82, 2.24) is 9.97 Å². The molecule has 3 rings (SSSR count). The summed E-state index contributed by atoms with van der Waals surface area (Å²) >= 11 is 0. The van der Waals surface area contributed by atoms with Crippen molar-refractivity contribution >= 4 is 5.69 Å². The molecule has 0 radical (unpaired) electrons. The van der Waals surface area contributed by atoms with E-state index in [0.29, 0.717) is 6.54 Å². The molecular weight excluding hydrogens is 289 g/mol. The third kappa shape index (κ3) is 3.59. The summed E-state index contributed by atoms with van der Waals surface area (Å²) in [6, 6.07) is 14.7. The number of nitrogens with one attached hydrogen (secondary N) is 2. The van der Waals surface area contributed by atoms with E-state index in [1.54, 1.807) is 12.1 Å². The Kier molecular flexibility index (Phi) is 4.42. The quantitative estimate of drug-likeness (QED) is 0.717. The van der Waals surface area contributed by atoms with E-state index in [9.17, 15) is 4.39 Å². The highest BCUT2D eigenvalue weighted by atomic mass is 19.1. The Morgan fingerprint density at radius 2 is 1.74 bits per heavy atom. The molecule has 0 spiro atoms. The SMILES string of the molecule is CCc1nc(-c2ccc(NCc3ccc(F)cc3)cc2)[nH]c1C. The molecule has 0 aliphatic rings. The number of nitrogens with zero attached hydrogens (tertiary/aromatic N) is 1. The predicted octanol–water partition coefficient (Wildman–Crippen LogP) is 4.70. The zero-order valence-corrected chi connectivity index (χ0v) is 13.4. The molecule has 2 N–H and O–H groups in total. The summed E-state index contributed by atoms with van der Waals surface area (Å²) in [4.78, 5) is 7.95. The van der Waals surface area contributed by atoms with Crippen LogP contribution in [0, 0.1) is 12.7 Å². The van der Waals surface area contributed by atoms with Crippen LogP contribution in [0.4, 0.5) is 10.1 Å². The monoisotopic (exact) mass is 309 g/mol. The Labute approximate surface area is 135 Å². The number of imidazole rings is 1. The summed E-state index contributed by atoms with van der Waals surface area (Å²) < 4.78 is 12.9. The normalized spacial score (nSPS) is 10.7. The standard InChI is InChI=1S/C19H20FN3/c1-3-18-13(2)22-19(23-18)15-6-10-17(11-7-15)21-12-14-4-8-16(20)9-5-14/h4-11,21H,3,12H2,1-2H3,(H,22,23). The first-order valence-electron chi connectivity index (χ1n) is 7.80. The number of halogens is 1. The summed E-state index contributed by atoms with van der Waals surface area (Å²) in [6.45, 7) is 4.82. The molecule has 0 saturated carbocycles. The fourth-order valence-electron chi connectivity index (χ4n) is 2.53. The number of benzene rings is 2. The van der Waals surface area contributed by atoms with Gasteiger partial charge in [-0.25, -0.2) is 9.37 Å². The molecule has 0 fully saturated rings. The number of rotatable bonds is 5. The van der Waals surface area contributed by atoms with E-state index in [4.69, 9.17) is 0 Å². The molecule has 3 nitrogen and oxygen atoms in total. The van der Waals surface area contributed by atoms with E-state index in [-0.39, 0.29) is 5.82 Å². The maximum absolute atomic E-state index is 12.9. The van der Waals surface area contributed by atoms with Gasteiger partial charge in [0.25, 0.3) is 0 Å². The average molecular weight is 309 g/mol. The van der Waals surface area contributed by atoms with Gasteiger partial charge in [0.05, 0.1) is 5.69 Å². The lowest BCUT2D eigenvalue weighted by Gasteiger charge is -2.07. The molecule has 1 heterocycles. The van der Waals surface area contributed by atoms with E-state index in [1.807, 2.05) is 31.2 Å². The molecule has 0 unspecified atom stereocenters. The molecule has 4 heteroatoms. The minimum absolute atomic E-state index is 0.210. The molecule has 0 bridgehead atoms. The van der Waals surface area contributed by atoms with Gasteiger partial charge >= 0.3 is 0 Å². The first-order valence-corrected chi connectivity index (χ1v) is 7.80. The highest BCUT2D eigenvalue weighted by molar-refractivity contribution is 5.60. The second kappa shape index (κ2) is 6.65. The Morgan fingerprint density at radius 1 is 1.04 bits per heavy atom. The van der Waals surface area contributed by atoms with Crippen molar-refractivity contribution in [3.05, 3.63) is 71.3 Å². The van der Waals surface area contributed by atoms with E-state index in [2.05, 4.69) is 22.2 Å². The number of anilines is 1. The van der Waals surface area contributed by atoms with Gasteiger partial charge in [-0.1, -0.05) is 19.1 Å². The third-order valence-electron chi connectivity index (χ3n) is 3.89. The van der Waals surface area contributed by atoms with E-state index in [1.165, 1.54) is 12.1 Å². The second-order valence-corrected chi connectivity index (χ2v) is 5.57. The van der Waals surface area contributed by atoms with Gasteiger partial charge < -0.3 is 10.3 Å². The van der Waals surface area contributed by atoms with Crippen LogP contribution in [-0.4, -0.2) is 9.97 Å². The molecular formula is C19H20FN3. The number of hydrogen-bond acceptors (Lipinski definition) is 2. The number of aryl methyl sites for hydroxylation is 2. The molecule has 2 aromatic carbocycles. The number of hydrogen-bond donors (Lipinski definition) is 2. The number of aromatic nitrogens is 2. The topological polar surface area (TPSA) is 40.7 Å². The van der Waals surface area contributed by atoms with Crippen LogP contribution >= 0.6 is 0 Å². The van der Waals surface area contributed by atoms with E-state index < -0.39 is 0 Å². The van der Waals surface area contributed by atoms with Crippen LogP contribution in [0.25, 0.3) is 11.4 Å². The van der Waals surface area contributed by atoms with Gasteiger partial charge in [-0.05, 0) is 55.3 Å². The molecule has 0 saturated heterocycles. The minimum Gasteiger partial charge on any atom is -0.381 e. The Bertz CT molecular complexity index is 773. The molecule has 1 aromatic heterocycles. The van der Waals surface area contributed by atoms with Crippen molar-refractivity contribution in [3.63, 3.8) is 0 Å². The van der Waals surface area contributed by atoms with Crippen molar-refractivity contribution in [2.45, 2.75) is 26.8 Å². The molecule has 118 valence electrons. The maximum atomic E-state index is 12.9. The molecule has 0 aliphatic carbocycles. The highest BCUT2D eigenvalue weighted by Gasteiger charge is 2.06. The van der Waals surface area contributed by atoms with Crippen LogP contribution in [-0.2, 0) is 13.0 Å². The predicted molar refractivity (Wildman–Crippen MR) is 91.9 cm³/mol. The summed E-state index contributed by atoms with van der Waals surface area (Å²) in [6.07, 6.45) is 0.930. The summed E-state index contributed by atoms with van der Waals surface area (Å²) in [5.41, 5.74) is 5.38. The van der Waals surface area contributed by atoms with Crippen molar-refractivity contribution in [2.24, 2.45) is 0 Å². The minimum atomic E-state index is -0.210. The van der Waals surface area contributed by atoms with Gasteiger partial charge in [0.1, 0.15) is 11.6 Å². The second-order valence-electron chi connectivity index (χ2n) is 5.57. The van der Waals surface area contributed by atoms with Crippen LogP contribution in [0.5, 0.6) is 0 Å². The highest BCUT2D eigenvalue weighted by Crippen LogP contribution is 2.21. The fraction of sp³-hybridized carbons (Fsp3) is 0.211. The Hall–Kier alpha value is -2.62. The zero-order valence-electron chi connectivity index (χ0n) is 13.4. The first kappa shape index (κ1) is 15.3. The van der Waals surface area contributed by atoms with Gasteiger partial charge in [-0.15, -0.1) is 0 Å². The van der Waals surface area contributed by atoms with Crippen molar-refractivity contribution in [2.75, 3.05) is 5.32 Å². The van der Waals surface area contributed by atoms with Crippen LogP contribution < -0.4 is 5.32 Å². The molecule has 3 aromatic rings. The van der Waals surface area contributed by atoms with Crippen LogP contribution in [0.2, 0.25) is 0 Å². The van der Waals surface area contributed by atoms with Gasteiger partial charge in [0.15, 0.2) is 0 Å². The Balaban J connectivity index is 1.67. The van der Waals surface area contributed by atoms with E-state index in [0.717, 1.165) is 40.4 Å². The lowest BCUT2D eigenvalue weighted by atomic mass is 10.2. The van der Waals surface area contributed by atoms with Crippen LogP contribution in [0.15, 0.2) is 48.5 Å². The van der Waals surface area contributed by atoms with Gasteiger partial charge in [0, 0.05) is 23.5 Å².